The molecule has 0 bridgehead atoms. The zero-order valence-corrected chi connectivity index (χ0v) is 49.6. The number of aromatic nitrogens is 4. The summed E-state index contributed by atoms with van der Waals surface area (Å²) >= 11 is 0. The van der Waals surface area contributed by atoms with Gasteiger partial charge in [0.1, 0.15) is 34.0 Å². The molecule has 7 nitrogen and oxygen atoms in total. The molecule has 7 heteroatoms. The maximum atomic E-state index is 13.2. The molecule has 0 unspecified atom stereocenters. The molecule has 0 fully saturated rings. The van der Waals surface area contributed by atoms with Crippen LogP contribution >= 0.6 is 0 Å². The molecular weight excluding hydrogens is 1120 g/mol. The molecule has 0 radical (unpaired) electrons. The summed E-state index contributed by atoms with van der Waals surface area (Å²) in [6, 6.07) is 101. The van der Waals surface area contributed by atoms with E-state index in [0.29, 0.717) is 5.56 Å². The molecule has 20 rings (SSSR count). The van der Waals surface area contributed by atoms with Gasteiger partial charge in [0, 0.05) is 76.4 Å². The van der Waals surface area contributed by atoms with E-state index in [-0.39, 0.29) is 0 Å². The second-order valence-corrected chi connectivity index (χ2v) is 24.3. The van der Waals surface area contributed by atoms with Gasteiger partial charge in [-0.1, -0.05) is 231 Å². The number of allylic oxidation sites excluding steroid dienone is 1. The topological polar surface area (TPSA) is 69.8 Å². The Bertz CT molecular complexity index is 6380. The Morgan fingerprint density at radius 2 is 0.685 bits per heavy atom. The zero-order chi connectivity index (χ0) is 60.3. The van der Waals surface area contributed by atoms with Crippen LogP contribution < -0.4 is 0 Å². The van der Waals surface area contributed by atoms with Gasteiger partial charge in [-0.3, -0.25) is 0 Å². The largest absolute Gasteiger partial charge is 0.455 e. The third-order valence-corrected chi connectivity index (χ3v) is 19.7. The fourth-order valence-corrected chi connectivity index (χ4v) is 15.9. The highest BCUT2D eigenvalue weighted by Crippen LogP contribution is 2.54. The molecule has 428 valence electrons. The quantitative estimate of drug-likeness (QED) is 0.160. The molecule has 19 aromatic rings. The lowest BCUT2D eigenvalue weighted by Crippen LogP contribution is -2.17. The van der Waals surface area contributed by atoms with Crippen LogP contribution in [0.25, 0.3) is 182 Å². The summed E-state index contributed by atoms with van der Waals surface area (Å²) in [6.45, 7) is 0. The normalized spacial score (nSPS) is 12.6. The van der Waals surface area contributed by atoms with Gasteiger partial charge in [0.15, 0.2) is 0 Å². The molecular formula is C85H51N5O2. The fourth-order valence-electron chi connectivity index (χ4n) is 15.9. The van der Waals surface area contributed by atoms with Crippen molar-refractivity contribution < 1.29 is 8.83 Å². The molecule has 0 atom stereocenters. The van der Waals surface area contributed by atoms with E-state index < -0.39 is 0 Å². The first-order chi connectivity index (χ1) is 45.7. The molecule has 92 heavy (non-hydrogen) atoms. The van der Waals surface area contributed by atoms with Gasteiger partial charge >= 0.3 is 0 Å². The van der Waals surface area contributed by atoms with Gasteiger partial charge in [-0.2, -0.15) is 5.26 Å². The minimum Gasteiger partial charge on any atom is -0.455 e. The first-order valence-corrected chi connectivity index (χ1v) is 31.5. The fraction of sp³-hybridized carbons (Fsp3) is 0.0235. The summed E-state index contributed by atoms with van der Waals surface area (Å²) in [5, 5.41) is 24.7. The van der Waals surface area contributed by atoms with E-state index in [9.17, 15) is 5.26 Å². The summed E-state index contributed by atoms with van der Waals surface area (Å²) in [6.07, 6.45) is 6.21. The number of benzene rings is 13. The summed E-state index contributed by atoms with van der Waals surface area (Å²) in [7, 11) is 0. The van der Waals surface area contributed by atoms with Gasteiger partial charge < -0.3 is 27.1 Å². The highest BCUT2D eigenvalue weighted by Gasteiger charge is 2.37. The van der Waals surface area contributed by atoms with Crippen molar-refractivity contribution in [3.8, 4) is 62.2 Å². The van der Waals surface area contributed by atoms with E-state index in [1.54, 1.807) is 0 Å². The van der Waals surface area contributed by atoms with Crippen molar-refractivity contribution in [1.82, 2.24) is 18.3 Å². The number of furan rings is 2. The maximum Gasteiger partial charge on any atom is 0.145 e. The van der Waals surface area contributed by atoms with Crippen LogP contribution in [-0.4, -0.2) is 18.3 Å². The van der Waals surface area contributed by atoms with Crippen molar-refractivity contribution in [3.05, 3.63) is 296 Å². The monoisotopic (exact) mass is 1170 g/mol. The zero-order valence-electron chi connectivity index (χ0n) is 49.6. The average Bonchev–Trinajstić information content (AvgIpc) is 1.46. The third-order valence-electron chi connectivity index (χ3n) is 19.7. The molecule has 1 aliphatic carbocycles. The Kier molecular flexibility index (Phi) is 10.6. The number of rotatable bonds is 7. The SMILES string of the molecule is N#Cc1c(-n2c3c(c4ccccc42)C=CCC3)c(-n2c3ccccc3c3c4oc5c(-c6ccccc6)cccc5c4ccc32)c(-c2ccccc2)c(-n2c3ccccc3c3c4oc5c(-c6ccccc6)cccc5c4ccc32)c1-n1c2ccccc2c2ccccc21. The first kappa shape index (κ1) is 50.6. The van der Waals surface area contributed by atoms with Gasteiger partial charge in [0.2, 0.25) is 0 Å². The van der Waals surface area contributed by atoms with Gasteiger partial charge in [0.25, 0.3) is 0 Å². The van der Waals surface area contributed by atoms with Crippen LogP contribution in [0.15, 0.2) is 288 Å². The number of para-hydroxylation sites is 7. The van der Waals surface area contributed by atoms with Crippen molar-refractivity contribution in [2.45, 2.75) is 12.8 Å². The Hall–Kier alpha value is -12.4. The average molecular weight is 1170 g/mol. The highest BCUT2D eigenvalue weighted by molar-refractivity contribution is 6.27. The number of hydrogen-bond donors (Lipinski definition) is 0. The molecule has 0 amide bonds. The number of nitriles is 1. The van der Waals surface area contributed by atoms with Crippen LogP contribution in [0.3, 0.4) is 0 Å². The van der Waals surface area contributed by atoms with E-state index in [4.69, 9.17) is 8.83 Å². The van der Waals surface area contributed by atoms with Crippen LogP contribution in [0, 0.1) is 11.3 Å². The summed E-state index contributed by atoms with van der Waals surface area (Å²) in [4.78, 5) is 0. The van der Waals surface area contributed by atoms with Crippen LogP contribution in [0.4, 0.5) is 0 Å². The molecule has 6 aromatic heterocycles. The molecule has 13 aromatic carbocycles. The van der Waals surface area contributed by atoms with Gasteiger partial charge in [-0.15, -0.1) is 0 Å². The van der Waals surface area contributed by atoms with Crippen molar-refractivity contribution in [2.75, 3.05) is 0 Å². The second-order valence-electron chi connectivity index (χ2n) is 24.3. The molecule has 6 heterocycles. The van der Waals surface area contributed by atoms with Gasteiger partial charge in [0.05, 0.1) is 72.1 Å². The lowest BCUT2D eigenvalue weighted by atomic mass is 9.93. The number of fused-ring (bicyclic) bond motifs is 20. The molecule has 0 saturated heterocycles. The minimum atomic E-state index is 0.519. The van der Waals surface area contributed by atoms with Crippen LogP contribution in [0.5, 0.6) is 0 Å². The first-order valence-electron chi connectivity index (χ1n) is 31.5. The molecule has 0 saturated carbocycles. The van der Waals surface area contributed by atoms with Crippen LogP contribution in [-0.2, 0) is 6.42 Å². The number of hydrogen-bond acceptors (Lipinski definition) is 3. The van der Waals surface area contributed by atoms with Gasteiger partial charge in [-0.25, -0.2) is 0 Å². The Balaban J connectivity index is 1.05. The molecule has 0 spiro atoms. The minimum absolute atomic E-state index is 0.519. The van der Waals surface area contributed by atoms with E-state index >= 15 is 0 Å². The summed E-state index contributed by atoms with van der Waals surface area (Å²) < 4.78 is 24.7. The van der Waals surface area contributed by atoms with Crippen LogP contribution in [0.2, 0.25) is 0 Å². The lowest BCUT2D eigenvalue weighted by molar-refractivity contribution is 0.673. The molecule has 0 N–H and O–H groups in total. The van der Waals surface area contributed by atoms with E-state index in [1.807, 2.05) is 0 Å². The Morgan fingerprint density at radius 1 is 0.304 bits per heavy atom. The van der Waals surface area contributed by atoms with Crippen molar-refractivity contribution in [3.63, 3.8) is 0 Å². The van der Waals surface area contributed by atoms with Crippen molar-refractivity contribution in [2.24, 2.45) is 0 Å². The predicted octanol–water partition coefficient (Wildman–Crippen LogP) is 22.6. The molecule has 1 aliphatic rings. The summed E-state index contributed by atoms with van der Waals surface area (Å²) in [5.74, 6) is 0. The molecule has 0 aliphatic heterocycles. The predicted molar refractivity (Wildman–Crippen MR) is 379 cm³/mol. The Labute approximate surface area is 526 Å². The van der Waals surface area contributed by atoms with E-state index in [1.165, 1.54) is 5.56 Å². The summed E-state index contributed by atoms with van der Waals surface area (Å²) in [5.41, 5.74) is 22.4. The van der Waals surface area contributed by atoms with E-state index in [0.717, 1.165) is 195 Å². The van der Waals surface area contributed by atoms with Crippen LogP contribution in [0.1, 0.15) is 23.2 Å². The standard InChI is InChI=1S/C85H51N5O2/c86-50-66-78(87-67-40-16-10-30-56(67)57-31-11-17-41-68(57)87)80(89-71-44-20-14-34-64(71)76-73(89)48-46-62-60-38-22-36-54(82(60)91-84(62)76)51-24-4-1-5-25-51)75(53-28-8-3-9-29-53)81(79(66)88-69-42-18-12-32-58(69)59-33-13-19-43-70(59)88)90-72-45-21-15-35-65(72)77-74(90)49-47-63-61-39-23-37-55(83(61)92-85(63)77)52-26-6-2-7-27-52/h1-18,20-42,44-49H,19,43H2. The lowest BCUT2D eigenvalue weighted by Gasteiger charge is -2.30. The van der Waals surface area contributed by atoms with Crippen molar-refractivity contribution >= 4 is 126 Å². The second kappa shape index (κ2) is 19.3. The van der Waals surface area contributed by atoms with Crippen molar-refractivity contribution in [1.29, 1.82) is 5.26 Å². The number of nitrogens with zero attached hydrogens (tertiary/aromatic N) is 5. The smallest absolute Gasteiger partial charge is 0.145 e. The Morgan fingerprint density at radius 3 is 1.17 bits per heavy atom. The third kappa shape index (κ3) is 6.87. The highest BCUT2D eigenvalue weighted by atomic mass is 16.3. The van der Waals surface area contributed by atoms with E-state index in [2.05, 4.69) is 309 Å². The van der Waals surface area contributed by atoms with Gasteiger partial charge in [-0.05, 0) is 84.1 Å². The maximum absolute atomic E-state index is 13.2.